The van der Waals surface area contributed by atoms with Gasteiger partial charge in [0.2, 0.25) is 5.88 Å². The highest BCUT2D eigenvalue weighted by atomic mass is 16.6. The number of rotatable bonds is 4. The van der Waals surface area contributed by atoms with Crippen LogP contribution in [0.2, 0.25) is 0 Å². The summed E-state index contributed by atoms with van der Waals surface area (Å²) in [5.41, 5.74) is 6.35. The minimum Gasteiger partial charge on any atom is -0.474 e. The number of hydrogen-bond donors (Lipinski definition) is 1. The number of benzene rings is 1. The third kappa shape index (κ3) is 5.13. The number of carbonyl (C=O) groups excluding carboxylic acids is 1. The number of amides is 1. The molecule has 8 nitrogen and oxygen atoms in total. The number of carbonyl (C=O) groups is 1. The fourth-order valence-electron chi connectivity index (χ4n) is 2.71. The van der Waals surface area contributed by atoms with E-state index in [4.69, 9.17) is 19.9 Å². The van der Waals surface area contributed by atoms with Crippen molar-refractivity contribution in [2.45, 2.75) is 32.5 Å². The summed E-state index contributed by atoms with van der Waals surface area (Å²) >= 11 is 0. The standard InChI is InChI=1S/C19H26N4O4/c1-19(2,3)27-18(24)22-9-10-25-15(12-22)13-26-17-11-16(20)23(21-17)14-7-5-4-6-8-14/h4-8,11,15H,9-10,12-13,20H2,1-3H3. The number of aromatic nitrogens is 2. The molecule has 27 heavy (non-hydrogen) atoms. The zero-order valence-corrected chi connectivity index (χ0v) is 15.9. The SMILES string of the molecule is CC(C)(C)OC(=O)N1CCOC(COc2cc(N)n(-c3ccccc3)n2)C1. The quantitative estimate of drug-likeness (QED) is 0.884. The number of nitrogen functional groups attached to an aromatic ring is 1. The second kappa shape index (κ2) is 7.87. The Kier molecular flexibility index (Phi) is 5.55. The van der Waals surface area contributed by atoms with Gasteiger partial charge in [-0.3, -0.25) is 0 Å². The van der Waals surface area contributed by atoms with Crippen LogP contribution in [0.3, 0.4) is 0 Å². The molecule has 1 amide bonds. The van der Waals surface area contributed by atoms with Crippen molar-refractivity contribution in [3.8, 4) is 11.6 Å². The van der Waals surface area contributed by atoms with E-state index >= 15 is 0 Å². The number of morpholine rings is 1. The summed E-state index contributed by atoms with van der Waals surface area (Å²) in [6.07, 6.45) is -0.595. The Morgan fingerprint density at radius 3 is 2.78 bits per heavy atom. The normalized spacial score (nSPS) is 17.6. The van der Waals surface area contributed by atoms with Crippen molar-refractivity contribution in [3.63, 3.8) is 0 Å². The van der Waals surface area contributed by atoms with Crippen LogP contribution in [0.25, 0.3) is 5.69 Å². The maximum Gasteiger partial charge on any atom is 0.410 e. The molecular formula is C19H26N4O4. The minimum atomic E-state index is -0.525. The lowest BCUT2D eigenvalue weighted by atomic mass is 10.2. The van der Waals surface area contributed by atoms with E-state index in [-0.39, 0.29) is 18.8 Å². The average molecular weight is 374 g/mol. The summed E-state index contributed by atoms with van der Waals surface area (Å²) in [5.74, 6) is 0.894. The molecule has 1 aromatic heterocycles. The number of para-hydroxylation sites is 1. The zero-order valence-electron chi connectivity index (χ0n) is 15.9. The van der Waals surface area contributed by atoms with Crippen LogP contribution in [-0.4, -0.2) is 58.8 Å². The van der Waals surface area contributed by atoms with E-state index in [9.17, 15) is 4.79 Å². The van der Waals surface area contributed by atoms with E-state index in [0.717, 1.165) is 5.69 Å². The molecule has 146 valence electrons. The molecule has 8 heteroatoms. The molecule has 0 saturated carbocycles. The highest BCUT2D eigenvalue weighted by Crippen LogP contribution is 2.20. The van der Waals surface area contributed by atoms with Crippen molar-refractivity contribution in [1.82, 2.24) is 14.7 Å². The van der Waals surface area contributed by atoms with Gasteiger partial charge in [-0.05, 0) is 32.9 Å². The van der Waals surface area contributed by atoms with Crippen molar-refractivity contribution in [3.05, 3.63) is 36.4 Å². The second-order valence-corrected chi connectivity index (χ2v) is 7.38. The molecule has 1 saturated heterocycles. The average Bonchev–Trinajstić information content (AvgIpc) is 3.00. The minimum absolute atomic E-state index is 0.255. The summed E-state index contributed by atoms with van der Waals surface area (Å²) in [5, 5.41) is 4.38. The van der Waals surface area contributed by atoms with Gasteiger partial charge in [-0.2, -0.15) is 0 Å². The largest absolute Gasteiger partial charge is 0.474 e. The van der Waals surface area contributed by atoms with Crippen molar-refractivity contribution >= 4 is 11.9 Å². The van der Waals surface area contributed by atoms with Crippen LogP contribution in [0.5, 0.6) is 5.88 Å². The van der Waals surface area contributed by atoms with Crippen LogP contribution >= 0.6 is 0 Å². The molecule has 2 heterocycles. The predicted octanol–water partition coefficient (Wildman–Crippen LogP) is 2.47. The van der Waals surface area contributed by atoms with Crippen molar-refractivity contribution in [2.24, 2.45) is 0 Å². The number of ether oxygens (including phenoxy) is 3. The lowest BCUT2D eigenvalue weighted by Gasteiger charge is -2.33. The van der Waals surface area contributed by atoms with E-state index in [0.29, 0.717) is 31.4 Å². The van der Waals surface area contributed by atoms with Gasteiger partial charge in [-0.25, -0.2) is 9.48 Å². The number of hydrogen-bond acceptors (Lipinski definition) is 6. The van der Waals surface area contributed by atoms with Gasteiger partial charge in [0.1, 0.15) is 24.1 Å². The molecule has 0 radical (unpaired) electrons. The summed E-state index contributed by atoms with van der Waals surface area (Å²) in [7, 11) is 0. The smallest absolute Gasteiger partial charge is 0.410 e. The first-order chi connectivity index (χ1) is 12.8. The van der Waals surface area contributed by atoms with Gasteiger partial charge >= 0.3 is 6.09 Å². The van der Waals surface area contributed by atoms with E-state index in [1.807, 2.05) is 51.1 Å². The molecule has 2 N–H and O–H groups in total. The Hall–Kier alpha value is -2.74. The Morgan fingerprint density at radius 1 is 1.33 bits per heavy atom. The third-order valence-electron chi connectivity index (χ3n) is 3.92. The molecule has 0 spiro atoms. The molecule has 1 unspecified atom stereocenters. The molecule has 2 aromatic rings. The van der Waals surface area contributed by atoms with Crippen molar-refractivity contribution in [2.75, 3.05) is 32.0 Å². The van der Waals surface area contributed by atoms with Gasteiger partial charge in [0, 0.05) is 12.6 Å². The van der Waals surface area contributed by atoms with Crippen LogP contribution in [0.15, 0.2) is 36.4 Å². The third-order valence-corrected chi connectivity index (χ3v) is 3.92. The summed E-state index contributed by atoms with van der Waals surface area (Å²) < 4.78 is 18.5. The first-order valence-corrected chi connectivity index (χ1v) is 8.95. The van der Waals surface area contributed by atoms with Crippen molar-refractivity contribution in [1.29, 1.82) is 0 Å². The highest BCUT2D eigenvalue weighted by Gasteiger charge is 2.28. The molecule has 3 rings (SSSR count). The maximum absolute atomic E-state index is 12.2. The van der Waals surface area contributed by atoms with Crippen molar-refractivity contribution < 1.29 is 19.0 Å². The second-order valence-electron chi connectivity index (χ2n) is 7.38. The van der Waals surface area contributed by atoms with E-state index in [1.54, 1.807) is 15.6 Å². The van der Waals surface area contributed by atoms with Crippen LogP contribution in [0, 0.1) is 0 Å². The van der Waals surface area contributed by atoms with Gasteiger partial charge in [0.25, 0.3) is 0 Å². The van der Waals surface area contributed by atoms with Crippen LogP contribution in [0.1, 0.15) is 20.8 Å². The fraction of sp³-hybridized carbons (Fsp3) is 0.474. The monoisotopic (exact) mass is 374 g/mol. The van der Waals surface area contributed by atoms with Gasteiger partial charge in [-0.15, -0.1) is 5.10 Å². The fourth-order valence-corrected chi connectivity index (χ4v) is 2.71. The first kappa shape index (κ1) is 19.0. The summed E-state index contributed by atoms with van der Waals surface area (Å²) in [4.78, 5) is 13.9. The molecule has 1 aliphatic rings. The van der Waals surface area contributed by atoms with Crippen LogP contribution in [0.4, 0.5) is 10.6 Å². The van der Waals surface area contributed by atoms with Gasteiger partial charge in [0.15, 0.2) is 0 Å². The first-order valence-electron chi connectivity index (χ1n) is 8.95. The van der Waals surface area contributed by atoms with Gasteiger partial charge < -0.3 is 24.8 Å². The lowest BCUT2D eigenvalue weighted by molar-refractivity contribution is -0.0561. The Balaban J connectivity index is 1.56. The molecule has 1 fully saturated rings. The Morgan fingerprint density at radius 2 is 2.07 bits per heavy atom. The zero-order chi connectivity index (χ0) is 19.4. The van der Waals surface area contributed by atoms with Gasteiger partial charge in [-0.1, -0.05) is 18.2 Å². The number of anilines is 1. The molecule has 1 atom stereocenters. The predicted molar refractivity (Wildman–Crippen MR) is 101 cm³/mol. The molecule has 0 bridgehead atoms. The van der Waals surface area contributed by atoms with E-state index < -0.39 is 5.60 Å². The van der Waals surface area contributed by atoms with Crippen LogP contribution in [-0.2, 0) is 9.47 Å². The topological polar surface area (TPSA) is 91.8 Å². The number of nitrogens with two attached hydrogens (primary N) is 1. The van der Waals surface area contributed by atoms with Crippen LogP contribution < -0.4 is 10.5 Å². The molecule has 1 aliphatic heterocycles. The molecular weight excluding hydrogens is 348 g/mol. The number of nitrogens with zero attached hydrogens (tertiary/aromatic N) is 3. The Bertz CT molecular complexity index is 770. The Labute approximate surface area is 158 Å². The lowest BCUT2D eigenvalue weighted by Crippen LogP contribution is -2.49. The molecule has 1 aromatic carbocycles. The van der Waals surface area contributed by atoms with E-state index in [1.165, 1.54) is 0 Å². The van der Waals surface area contributed by atoms with E-state index in [2.05, 4.69) is 5.10 Å². The molecule has 0 aliphatic carbocycles. The maximum atomic E-state index is 12.2. The van der Waals surface area contributed by atoms with Gasteiger partial charge in [0.05, 0.1) is 18.8 Å². The summed E-state index contributed by atoms with van der Waals surface area (Å²) in [6, 6.07) is 11.3. The summed E-state index contributed by atoms with van der Waals surface area (Å²) in [6.45, 7) is 7.15. The highest BCUT2D eigenvalue weighted by molar-refractivity contribution is 5.68.